The molecule has 4 amide bonds. The minimum absolute atomic E-state index is 0.00886. The fourth-order valence-corrected chi connectivity index (χ4v) is 4.66. The zero-order valence-corrected chi connectivity index (χ0v) is 21.9. The van der Waals surface area contributed by atoms with Gasteiger partial charge in [-0.25, -0.2) is 9.18 Å². The maximum Gasteiger partial charge on any atom is 0.419 e. The molecule has 2 aliphatic rings. The quantitative estimate of drug-likeness (QED) is 0.262. The summed E-state index contributed by atoms with van der Waals surface area (Å²) >= 11 is 0. The van der Waals surface area contributed by atoms with Gasteiger partial charge in [-0.2, -0.15) is 13.2 Å². The van der Waals surface area contributed by atoms with E-state index in [1.54, 1.807) is 0 Å². The van der Waals surface area contributed by atoms with Crippen molar-refractivity contribution in [2.45, 2.75) is 46.2 Å². The number of carbonyl (C=O) groups excluding carboxylic acids is 3. The third-order valence-corrected chi connectivity index (χ3v) is 6.33. The van der Waals surface area contributed by atoms with Crippen molar-refractivity contribution >= 4 is 40.9 Å². The maximum atomic E-state index is 14.5. The Kier molecular flexibility index (Phi) is 9.38. The largest absolute Gasteiger partial charge is 0.419 e. The lowest BCUT2D eigenvalue weighted by Crippen LogP contribution is -2.38. The van der Waals surface area contributed by atoms with Gasteiger partial charge in [-0.15, -0.1) is 0 Å². The predicted octanol–water partition coefficient (Wildman–Crippen LogP) is 4.71. The lowest BCUT2D eigenvalue weighted by Gasteiger charge is -2.26. The lowest BCUT2D eigenvalue weighted by atomic mass is 10.0. The molecule has 0 unspecified atom stereocenters. The van der Waals surface area contributed by atoms with Crippen molar-refractivity contribution in [2.75, 3.05) is 36.8 Å². The first kappa shape index (κ1) is 29.7. The summed E-state index contributed by atoms with van der Waals surface area (Å²) in [4.78, 5) is 41.1. The molecule has 1 aromatic heterocycles. The number of aryl methyl sites for hydroxylation is 1. The Bertz CT molecular complexity index is 1280. The van der Waals surface area contributed by atoms with Crippen LogP contribution in [0.25, 0.3) is 11.6 Å². The fourth-order valence-electron chi connectivity index (χ4n) is 4.66. The molecule has 39 heavy (non-hydrogen) atoms. The first-order valence-electron chi connectivity index (χ1n) is 12.7. The number of piperidine rings is 1. The van der Waals surface area contributed by atoms with E-state index < -0.39 is 46.7 Å². The van der Waals surface area contributed by atoms with Crippen molar-refractivity contribution in [1.82, 2.24) is 15.2 Å². The number of rotatable bonds is 6. The Morgan fingerprint density at radius 3 is 2.44 bits per heavy atom. The number of hydrogen-bond donors (Lipinski definition) is 5. The normalized spacial score (nSPS) is 16.3. The van der Waals surface area contributed by atoms with Gasteiger partial charge in [-0.05, 0) is 51.1 Å². The van der Waals surface area contributed by atoms with Gasteiger partial charge in [0.25, 0.3) is 11.8 Å². The number of nitrogens with one attached hydrogen (secondary N) is 4. The summed E-state index contributed by atoms with van der Waals surface area (Å²) < 4.78 is 56.9. The summed E-state index contributed by atoms with van der Waals surface area (Å²) in [7, 11) is 0. The lowest BCUT2D eigenvalue weighted by molar-refractivity contribution is -0.138. The molecule has 0 spiro atoms. The summed E-state index contributed by atoms with van der Waals surface area (Å²) in [6.45, 7) is 7.82. The first-order valence-corrected chi connectivity index (χ1v) is 12.7. The molecule has 6 N–H and O–H groups in total. The highest BCUT2D eigenvalue weighted by atomic mass is 19.4. The van der Waals surface area contributed by atoms with E-state index in [0.717, 1.165) is 50.6 Å². The van der Waals surface area contributed by atoms with Crippen LogP contribution in [0.4, 0.5) is 33.7 Å². The SMILES string of the molecule is CC.Cc1[nH]c(/C=C2\C(=O)Nc3cc(NC(N)=O)c(F)cc32)c(C(F)(F)F)c1C(=O)NCCN1CCCCC1. The van der Waals surface area contributed by atoms with Crippen LogP contribution >= 0.6 is 0 Å². The number of benzene rings is 1. The molecule has 0 radical (unpaired) electrons. The second-order valence-electron chi connectivity index (χ2n) is 8.95. The van der Waals surface area contributed by atoms with Gasteiger partial charge in [0.1, 0.15) is 5.82 Å². The molecule has 1 aromatic carbocycles. The molecule has 1 fully saturated rings. The van der Waals surface area contributed by atoms with Gasteiger partial charge in [-0.1, -0.05) is 20.3 Å². The second kappa shape index (κ2) is 12.3. The molecular weight excluding hydrogens is 520 g/mol. The summed E-state index contributed by atoms with van der Waals surface area (Å²) in [5.74, 6) is -2.60. The Labute approximate surface area is 223 Å². The number of likely N-dealkylation sites (tertiary alicyclic amines) is 1. The van der Waals surface area contributed by atoms with Crippen molar-refractivity contribution in [3.05, 3.63) is 46.0 Å². The third-order valence-electron chi connectivity index (χ3n) is 6.33. The van der Waals surface area contributed by atoms with E-state index in [9.17, 15) is 31.9 Å². The molecule has 2 aliphatic heterocycles. The Balaban J connectivity index is 0.00000205. The number of nitrogens with zero attached hydrogens (tertiary/aromatic N) is 1. The monoisotopic (exact) mass is 552 g/mol. The summed E-state index contributed by atoms with van der Waals surface area (Å²) in [6, 6.07) is 0.985. The number of fused-ring (bicyclic) bond motifs is 1. The molecule has 0 aliphatic carbocycles. The number of nitrogens with two attached hydrogens (primary N) is 1. The van der Waals surface area contributed by atoms with Crippen LogP contribution in [0.2, 0.25) is 0 Å². The number of halogens is 4. The second-order valence-corrected chi connectivity index (χ2v) is 8.95. The number of aromatic nitrogens is 1. The highest BCUT2D eigenvalue weighted by Crippen LogP contribution is 2.41. The third kappa shape index (κ3) is 6.77. The summed E-state index contributed by atoms with van der Waals surface area (Å²) in [5.41, 5.74) is 2.20. The van der Waals surface area contributed by atoms with Crippen molar-refractivity contribution in [2.24, 2.45) is 5.73 Å². The van der Waals surface area contributed by atoms with Crippen LogP contribution in [0.3, 0.4) is 0 Å². The number of alkyl halides is 3. The van der Waals surface area contributed by atoms with Gasteiger partial charge in [0.2, 0.25) is 0 Å². The van der Waals surface area contributed by atoms with Crippen LogP contribution in [0.5, 0.6) is 0 Å². The number of anilines is 2. The Hall–Kier alpha value is -3.87. The van der Waals surface area contributed by atoms with Gasteiger partial charge in [0, 0.05) is 24.3 Å². The first-order chi connectivity index (χ1) is 18.5. The van der Waals surface area contributed by atoms with Gasteiger partial charge in [0.05, 0.1) is 33.8 Å². The molecule has 212 valence electrons. The summed E-state index contributed by atoms with van der Waals surface area (Å²) in [5, 5.41) is 7.05. The molecule has 13 heteroatoms. The highest BCUT2D eigenvalue weighted by Gasteiger charge is 2.41. The predicted molar refractivity (Wildman–Crippen MR) is 141 cm³/mol. The maximum absolute atomic E-state index is 14.5. The number of carbonyl (C=O) groups is 3. The molecule has 2 aromatic rings. The topological polar surface area (TPSA) is 132 Å². The molecule has 1 saturated heterocycles. The average Bonchev–Trinajstić information content (AvgIpc) is 3.36. The molecule has 0 atom stereocenters. The molecule has 0 saturated carbocycles. The van der Waals surface area contributed by atoms with Crippen molar-refractivity contribution in [3.8, 4) is 0 Å². The van der Waals surface area contributed by atoms with E-state index in [0.29, 0.717) is 6.54 Å². The van der Waals surface area contributed by atoms with E-state index in [2.05, 4.69) is 25.8 Å². The number of hydrogen-bond acceptors (Lipinski definition) is 4. The zero-order valence-electron chi connectivity index (χ0n) is 21.9. The van der Waals surface area contributed by atoms with Crippen LogP contribution in [0.15, 0.2) is 12.1 Å². The van der Waals surface area contributed by atoms with Crippen LogP contribution in [0.1, 0.15) is 66.0 Å². The van der Waals surface area contributed by atoms with Crippen LogP contribution in [0, 0.1) is 12.7 Å². The van der Waals surface area contributed by atoms with E-state index in [1.807, 2.05) is 13.8 Å². The van der Waals surface area contributed by atoms with Crippen molar-refractivity contribution in [1.29, 1.82) is 0 Å². The fraction of sp³-hybridized carbons (Fsp3) is 0.423. The molecule has 3 heterocycles. The smallest absolute Gasteiger partial charge is 0.358 e. The van der Waals surface area contributed by atoms with Gasteiger partial charge in [0.15, 0.2) is 0 Å². The number of urea groups is 1. The number of primary amides is 1. The van der Waals surface area contributed by atoms with Crippen molar-refractivity contribution in [3.63, 3.8) is 0 Å². The van der Waals surface area contributed by atoms with Crippen LogP contribution < -0.4 is 21.7 Å². The van der Waals surface area contributed by atoms with Gasteiger partial charge in [-0.3, -0.25) is 9.59 Å². The van der Waals surface area contributed by atoms with E-state index in [4.69, 9.17) is 5.73 Å². The molecular formula is C26H32F4N6O3. The van der Waals surface area contributed by atoms with E-state index in [1.165, 1.54) is 6.92 Å². The zero-order chi connectivity index (χ0) is 28.9. The van der Waals surface area contributed by atoms with Crippen LogP contribution in [-0.2, 0) is 11.0 Å². The Morgan fingerprint density at radius 1 is 1.15 bits per heavy atom. The number of H-pyrrole nitrogens is 1. The van der Waals surface area contributed by atoms with Gasteiger partial charge >= 0.3 is 12.2 Å². The van der Waals surface area contributed by atoms with E-state index >= 15 is 0 Å². The average molecular weight is 553 g/mol. The molecule has 0 bridgehead atoms. The Morgan fingerprint density at radius 2 is 1.82 bits per heavy atom. The summed E-state index contributed by atoms with van der Waals surface area (Å²) in [6.07, 6.45) is -0.758. The molecule has 4 rings (SSSR count). The number of amides is 4. The minimum Gasteiger partial charge on any atom is -0.358 e. The standard InChI is InChI=1S/C24H26F4N6O3.C2H6/c1-12-19(22(36)30-5-8-34-6-3-2-4-7-34)20(24(26,27)28)18(31-12)10-14-13-9-15(25)17(33-23(29)37)11-16(13)32-21(14)35;1-2/h9-11,31H,2-8H2,1H3,(H,30,36)(H,32,35)(H3,29,33,37);1-2H3/b14-10-;. The van der Waals surface area contributed by atoms with Gasteiger partial charge < -0.3 is 31.6 Å². The molecule has 9 nitrogen and oxygen atoms in total. The van der Waals surface area contributed by atoms with Crippen molar-refractivity contribution < 1.29 is 31.9 Å². The minimum atomic E-state index is -4.92. The van der Waals surface area contributed by atoms with Crippen LogP contribution in [-0.4, -0.2) is 53.9 Å². The number of aromatic amines is 1. The highest BCUT2D eigenvalue weighted by molar-refractivity contribution is 6.35. The van der Waals surface area contributed by atoms with E-state index in [-0.39, 0.29) is 34.8 Å².